The zero-order chi connectivity index (χ0) is 21.7. The van der Waals surface area contributed by atoms with Gasteiger partial charge in [0.15, 0.2) is 0 Å². The van der Waals surface area contributed by atoms with Crippen LogP contribution in [0.25, 0.3) is 22.4 Å². The number of hydrogen-bond donors (Lipinski definition) is 1. The Morgan fingerprint density at radius 3 is 2.43 bits per heavy atom. The molecule has 2 aromatic carbocycles. The second kappa shape index (κ2) is 9.33. The van der Waals surface area contributed by atoms with Crippen LogP contribution in [0.3, 0.4) is 0 Å². The molecule has 0 radical (unpaired) electrons. The summed E-state index contributed by atoms with van der Waals surface area (Å²) in [6.07, 6.45) is 0. The molecule has 1 N–H and O–H groups in total. The predicted molar refractivity (Wildman–Crippen MR) is 116 cm³/mol. The standard InChI is InChI=1S/C23H20N2O4S/c1-14(23(26)27)30-22-19(13-24)17(12-20(25-22)15-7-5-4-6-8-15)18-11-16(28-2)9-10-21(18)29-3/h4-12,14H,1-3H3,(H,26,27). The molecule has 0 aliphatic rings. The van der Waals surface area contributed by atoms with E-state index in [0.717, 1.165) is 17.3 Å². The Hall–Kier alpha value is -3.50. The molecular formula is C23H20N2O4S. The maximum absolute atomic E-state index is 11.4. The van der Waals surface area contributed by atoms with Gasteiger partial charge in [0.05, 0.1) is 25.5 Å². The number of thioether (sulfide) groups is 1. The Kier molecular flexibility index (Phi) is 6.60. The summed E-state index contributed by atoms with van der Waals surface area (Å²) < 4.78 is 10.9. The summed E-state index contributed by atoms with van der Waals surface area (Å²) in [6, 6.07) is 18.9. The first-order valence-corrected chi connectivity index (χ1v) is 9.98. The molecule has 0 aliphatic carbocycles. The van der Waals surface area contributed by atoms with Gasteiger partial charge < -0.3 is 14.6 Å². The predicted octanol–water partition coefficient (Wildman–Crippen LogP) is 4.87. The Morgan fingerprint density at radius 1 is 1.10 bits per heavy atom. The van der Waals surface area contributed by atoms with E-state index < -0.39 is 11.2 Å². The highest BCUT2D eigenvalue weighted by Gasteiger charge is 2.22. The van der Waals surface area contributed by atoms with Crippen LogP contribution in [0.15, 0.2) is 59.6 Å². The zero-order valence-corrected chi connectivity index (χ0v) is 17.6. The van der Waals surface area contributed by atoms with Crippen LogP contribution in [0.5, 0.6) is 11.5 Å². The first-order chi connectivity index (χ1) is 14.5. The number of carboxylic acid groups (broad SMARTS) is 1. The molecule has 0 bridgehead atoms. The number of hydrogen-bond acceptors (Lipinski definition) is 6. The number of aromatic nitrogens is 1. The van der Waals surface area contributed by atoms with Gasteiger partial charge in [0, 0.05) is 16.7 Å². The first-order valence-electron chi connectivity index (χ1n) is 9.11. The second-order valence-electron chi connectivity index (χ2n) is 6.38. The molecule has 7 heteroatoms. The van der Waals surface area contributed by atoms with E-state index in [9.17, 15) is 15.2 Å². The first kappa shape index (κ1) is 21.2. The molecule has 1 heterocycles. The van der Waals surface area contributed by atoms with Gasteiger partial charge in [-0.05, 0) is 31.2 Å². The van der Waals surface area contributed by atoms with E-state index in [1.807, 2.05) is 36.4 Å². The quantitative estimate of drug-likeness (QED) is 0.545. The van der Waals surface area contributed by atoms with Crippen LogP contribution < -0.4 is 9.47 Å². The van der Waals surface area contributed by atoms with Crippen molar-refractivity contribution < 1.29 is 19.4 Å². The van der Waals surface area contributed by atoms with E-state index in [4.69, 9.17) is 9.47 Å². The molecule has 0 amide bonds. The van der Waals surface area contributed by atoms with Gasteiger partial charge in [0.2, 0.25) is 0 Å². The lowest BCUT2D eigenvalue weighted by Crippen LogP contribution is -2.12. The van der Waals surface area contributed by atoms with Gasteiger partial charge in [0.1, 0.15) is 27.8 Å². The van der Waals surface area contributed by atoms with Crippen molar-refractivity contribution in [3.05, 3.63) is 60.2 Å². The summed E-state index contributed by atoms with van der Waals surface area (Å²) in [4.78, 5) is 16.1. The zero-order valence-electron chi connectivity index (χ0n) is 16.7. The Balaban J connectivity index is 2.31. The number of nitrogens with zero attached hydrogens (tertiary/aromatic N) is 2. The van der Waals surface area contributed by atoms with Gasteiger partial charge in [-0.3, -0.25) is 4.79 Å². The molecule has 0 saturated heterocycles. The second-order valence-corrected chi connectivity index (χ2v) is 7.71. The topological polar surface area (TPSA) is 92.4 Å². The minimum Gasteiger partial charge on any atom is -0.497 e. The van der Waals surface area contributed by atoms with Crippen molar-refractivity contribution >= 4 is 17.7 Å². The molecule has 6 nitrogen and oxygen atoms in total. The van der Waals surface area contributed by atoms with Crippen molar-refractivity contribution in [1.82, 2.24) is 4.98 Å². The lowest BCUT2D eigenvalue weighted by atomic mass is 9.98. The number of nitriles is 1. The van der Waals surface area contributed by atoms with Gasteiger partial charge in [-0.25, -0.2) is 4.98 Å². The van der Waals surface area contributed by atoms with E-state index in [1.165, 1.54) is 0 Å². The SMILES string of the molecule is COc1ccc(OC)c(-c2cc(-c3ccccc3)nc(SC(C)C(=O)O)c2C#N)c1. The highest BCUT2D eigenvalue weighted by atomic mass is 32.2. The maximum atomic E-state index is 11.4. The number of methoxy groups -OCH3 is 2. The fourth-order valence-electron chi connectivity index (χ4n) is 2.93. The molecule has 3 aromatic rings. The summed E-state index contributed by atoms with van der Waals surface area (Å²) in [5.74, 6) is 0.205. The van der Waals surface area contributed by atoms with Crippen molar-refractivity contribution in [1.29, 1.82) is 5.26 Å². The molecule has 1 unspecified atom stereocenters. The van der Waals surface area contributed by atoms with Crippen molar-refractivity contribution in [2.45, 2.75) is 17.2 Å². The van der Waals surface area contributed by atoms with Crippen LogP contribution in [0.1, 0.15) is 12.5 Å². The van der Waals surface area contributed by atoms with E-state index in [2.05, 4.69) is 11.1 Å². The Bertz CT molecular complexity index is 1110. The fourth-order valence-corrected chi connectivity index (χ4v) is 3.79. The summed E-state index contributed by atoms with van der Waals surface area (Å²) >= 11 is 1.04. The monoisotopic (exact) mass is 420 g/mol. The summed E-state index contributed by atoms with van der Waals surface area (Å²) in [6.45, 7) is 1.57. The number of aliphatic carboxylic acids is 1. The molecule has 1 aromatic heterocycles. The minimum atomic E-state index is -0.976. The molecule has 3 rings (SSSR count). The maximum Gasteiger partial charge on any atom is 0.316 e. The van der Waals surface area contributed by atoms with Crippen molar-refractivity contribution in [2.75, 3.05) is 14.2 Å². The van der Waals surface area contributed by atoms with E-state index in [1.54, 1.807) is 39.3 Å². The van der Waals surface area contributed by atoms with Gasteiger partial charge in [-0.15, -0.1) is 0 Å². The highest BCUT2D eigenvalue weighted by molar-refractivity contribution is 8.00. The molecule has 30 heavy (non-hydrogen) atoms. The van der Waals surface area contributed by atoms with Crippen molar-refractivity contribution in [3.8, 4) is 40.0 Å². The summed E-state index contributed by atoms with van der Waals surface area (Å²) in [7, 11) is 3.12. The average molecular weight is 420 g/mol. The number of rotatable bonds is 7. The Morgan fingerprint density at radius 2 is 1.83 bits per heavy atom. The lowest BCUT2D eigenvalue weighted by Gasteiger charge is -2.16. The average Bonchev–Trinajstić information content (AvgIpc) is 2.78. The minimum absolute atomic E-state index is 0.291. The van der Waals surface area contributed by atoms with Gasteiger partial charge in [-0.2, -0.15) is 5.26 Å². The van der Waals surface area contributed by atoms with Crippen LogP contribution in [-0.2, 0) is 4.79 Å². The molecule has 0 spiro atoms. The molecular weight excluding hydrogens is 400 g/mol. The normalized spacial score (nSPS) is 11.4. The third-order valence-corrected chi connectivity index (χ3v) is 5.57. The van der Waals surface area contributed by atoms with Crippen LogP contribution in [0.4, 0.5) is 0 Å². The van der Waals surface area contributed by atoms with Crippen LogP contribution >= 0.6 is 11.8 Å². The van der Waals surface area contributed by atoms with E-state index in [-0.39, 0.29) is 0 Å². The lowest BCUT2D eigenvalue weighted by molar-refractivity contribution is -0.136. The molecule has 0 saturated carbocycles. The van der Waals surface area contributed by atoms with E-state index in [0.29, 0.717) is 38.9 Å². The molecule has 152 valence electrons. The number of ether oxygens (including phenoxy) is 2. The van der Waals surface area contributed by atoms with E-state index >= 15 is 0 Å². The highest BCUT2D eigenvalue weighted by Crippen LogP contribution is 2.40. The number of carboxylic acids is 1. The largest absolute Gasteiger partial charge is 0.497 e. The summed E-state index contributed by atoms with van der Waals surface area (Å²) in [5, 5.41) is 18.9. The van der Waals surface area contributed by atoms with Crippen LogP contribution in [0, 0.1) is 11.3 Å². The van der Waals surface area contributed by atoms with Gasteiger partial charge >= 0.3 is 5.97 Å². The number of pyridine rings is 1. The van der Waals surface area contributed by atoms with Gasteiger partial charge in [0.25, 0.3) is 0 Å². The molecule has 0 aliphatic heterocycles. The fraction of sp³-hybridized carbons (Fsp3) is 0.174. The van der Waals surface area contributed by atoms with Crippen LogP contribution in [-0.4, -0.2) is 35.5 Å². The number of carbonyl (C=O) groups is 1. The molecule has 1 atom stereocenters. The third-order valence-electron chi connectivity index (χ3n) is 4.50. The van der Waals surface area contributed by atoms with Crippen LogP contribution in [0.2, 0.25) is 0 Å². The smallest absolute Gasteiger partial charge is 0.316 e. The van der Waals surface area contributed by atoms with Gasteiger partial charge in [-0.1, -0.05) is 42.1 Å². The number of benzene rings is 2. The molecule has 0 fully saturated rings. The Labute approximate surface area is 179 Å². The van der Waals surface area contributed by atoms with Crippen molar-refractivity contribution in [2.24, 2.45) is 0 Å². The van der Waals surface area contributed by atoms with Crippen molar-refractivity contribution in [3.63, 3.8) is 0 Å². The summed E-state index contributed by atoms with van der Waals surface area (Å²) in [5.41, 5.74) is 3.05. The third kappa shape index (κ3) is 4.39.